The van der Waals surface area contributed by atoms with Crippen molar-refractivity contribution in [1.82, 2.24) is 15.0 Å². The number of rotatable bonds is 3. The Balaban J connectivity index is 1.90. The van der Waals surface area contributed by atoms with Crippen LogP contribution in [0.1, 0.15) is 0 Å². The van der Waals surface area contributed by atoms with Crippen LogP contribution in [0.3, 0.4) is 0 Å². The molecule has 0 N–H and O–H groups in total. The van der Waals surface area contributed by atoms with Gasteiger partial charge in [-0.2, -0.15) is 0 Å². The van der Waals surface area contributed by atoms with Crippen molar-refractivity contribution in [3.63, 3.8) is 0 Å². The molecule has 0 saturated carbocycles. The summed E-state index contributed by atoms with van der Waals surface area (Å²) in [5.41, 5.74) is 4.57. The van der Waals surface area contributed by atoms with Gasteiger partial charge in [0.15, 0.2) is 5.82 Å². The van der Waals surface area contributed by atoms with Gasteiger partial charge < -0.3 is 0 Å². The maximum Gasteiger partial charge on any atom is 0.178 e. The predicted octanol–water partition coefficient (Wildman–Crippen LogP) is 6.18. The number of aromatic nitrogens is 3. The van der Waals surface area contributed by atoms with Crippen molar-refractivity contribution in [1.29, 1.82) is 0 Å². The molecule has 0 radical (unpaired) electrons. The molecule has 2 aromatic heterocycles. The summed E-state index contributed by atoms with van der Waals surface area (Å²) in [7, 11) is 0. The van der Waals surface area contributed by atoms with Crippen molar-refractivity contribution in [2.45, 2.75) is 0 Å². The Morgan fingerprint density at radius 1 is 0.615 bits per heavy atom. The summed E-state index contributed by atoms with van der Waals surface area (Å²) in [4.78, 5) is 13.4. The summed E-state index contributed by atoms with van der Waals surface area (Å²) < 4.78 is 0. The quantitative estimate of drug-likeness (QED) is 0.427. The Labute approximate surface area is 161 Å². The van der Waals surface area contributed by atoms with Crippen molar-refractivity contribution in [2.24, 2.45) is 0 Å². The maximum atomic E-state index is 6.05. The lowest BCUT2D eigenvalue weighted by molar-refractivity contribution is 1.14. The van der Waals surface area contributed by atoms with E-state index in [1.165, 1.54) is 0 Å². The van der Waals surface area contributed by atoms with Crippen LogP contribution >= 0.6 is 23.2 Å². The second kappa shape index (κ2) is 7.24. The molecule has 2 aromatic carbocycles. The fourth-order valence-corrected chi connectivity index (χ4v) is 2.96. The monoisotopic (exact) mass is 377 g/mol. The second-order valence-corrected chi connectivity index (χ2v) is 6.55. The van der Waals surface area contributed by atoms with Crippen LogP contribution in [0.2, 0.25) is 10.0 Å². The van der Waals surface area contributed by atoms with Gasteiger partial charge in [0.25, 0.3) is 0 Å². The average molecular weight is 378 g/mol. The fourth-order valence-electron chi connectivity index (χ4n) is 2.71. The third-order valence-corrected chi connectivity index (χ3v) is 4.47. The first-order valence-electron chi connectivity index (χ1n) is 8.01. The van der Waals surface area contributed by atoms with E-state index in [0.717, 1.165) is 22.4 Å². The molecule has 0 unspecified atom stereocenters. The Morgan fingerprint density at radius 2 is 1.19 bits per heavy atom. The van der Waals surface area contributed by atoms with E-state index in [1.54, 1.807) is 18.5 Å². The van der Waals surface area contributed by atoms with Crippen molar-refractivity contribution in [3.05, 3.63) is 89.2 Å². The molecule has 0 spiro atoms. The molecule has 3 nitrogen and oxygen atoms in total. The number of hydrogen-bond acceptors (Lipinski definition) is 3. The highest BCUT2D eigenvalue weighted by atomic mass is 35.5. The number of halogens is 2. The molecule has 0 fully saturated rings. The standard InChI is InChI=1S/C21H13Cl2N3/c22-16-6-2-14(3-7-16)18-10-11-19(21-24-12-1-13-25-21)26-20(18)15-4-8-17(23)9-5-15/h1-13H. The van der Waals surface area contributed by atoms with E-state index in [1.807, 2.05) is 60.7 Å². The SMILES string of the molecule is Clc1ccc(-c2ccc(-c3ncccn3)nc2-c2ccc(Cl)cc2)cc1. The molecule has 0 aliphatic heterocycles. The Hall–Kier alpha value is -2.75. The molecule has 4 rings (SSSR count). The van der Waals surface area contributed by atoms with E-state index in [0.29, 0.717) is 21.6 Å². The Bertz CT molecular complexity index is 1030. The Kier molecular flexibility index (Phi) is 4.65. The summed E-state index contributed by atoms with van der Waals surface area (Å²) in [6.07, 6.45) is 3.41. The molecule has 0 atom stereocenters. The van der Waals surface area contributed by atoms with E-state index in [2.05, 4.69) is 9.97 Å². The third kappa shape index (κ3) is 3.45. The van der Waals surface area contributed by atoms with Gasteiger partial charge in [0, 0.05) is 33.6 Å². The van der Waals surface area contributed by atoms with E-state index in [9.17, 15) is 0 Å². The molecule has 2 heterocycles. The van der Waals surface area contributed by atoms with Gasteiger partial charge in [0.05, 0.1) is 5.69 Å². The largest absolute Gasteiger partial charge is 0.244 e. The minimum Gasteiger partial charge on any atom is -0.244 e. The maximum absolute atomic E-state index is 6.05. The molecule has 0 amide bonds. The van der Waals surface area contributed by atoms with Gasteiger partial charge in [-0.1, -0.05) is 47.5 Å². The highest BCUT2D eigenvalue weighted by Crippen LogP contribution is 2.33. The first-order valence-corrected chi connectivity index (χ1v) is 8.76. The molecule has 5 heteroatoms. The first kappa shape index (κ1) is 16.7. The number of nitrogens with zero attached hydrogens (tertiary/aromatic N) is 3. The third-order valence-electron chi connectivity index (χ3n) is 3.96. The number of hydrogen-bond donors (Lipinski definition) is 0. The van der Waals surface area contributed by atoms with Crippen LogP contribution in [-0.2, 0) is 0 Å². The van der Waals surface area contributed by atoms with Crippen molar-refractivity contribution in [2.75, 3.05) is 0 Å². The summed E-state index contributed by atoms with van der Waals surface area (Å²) in [5, 5.41) is 1.38. The van der Waals surface area contributed by atoms with Gasteiger partial charge in [-0.25, -0.2) is 15.0 Å². The molecule has 4 aromatic rings. The van der Waals surface area contributed by atoms with Gasteiger partial charge >= 0.3 is 0 Å². The summed E-state index contributed by atoms with van der Waals surface area (Å²) in [5.74, 6) is 0.588. The van der Waals surface area contributed by atoms with Gasteiger partial charge in [0.2, 0.25) is 0 Å². The molecule has 0 aliphatic rings. The molecule has 0 aliphatic carbocycles. The van der Waals surface area contributed by atoms with E-state index < -0.39 is 0 Å². The highest BCUT2D eigenvalue weighted by molar-refractivity contribution is 6.31. The molecule has 126 valence electrons. The smallest absolute Gasteiger partial charge is 0.178 e. The zero-order chi connectivity index (χ0) is 17.9. The number of pyridine rings is 1. The summed E-state index contributed by atoms with van der Waals surface area (Å²) >= 11 is 12.1. The van der Waals surface area contributed by atoms with Crippen molar-refractivity contribution >= 4 is 23.2 Å². The van der Waals surface area contributed by atoms with E-state index >= 15 is 0 Å². The van der Waals surface area contributed by atoms with Crippen LogP contribution < -0.4 is 0 Å². The lowest BCUT2D eigenvalue weighted by Crippen LogP contribution is -1.95. The molecular weight excluding hydrogens is 365 g/mol. The van der Waals surface area contributed by atoms with Gasteiger partial charge in [-0.3, -0.25) is 0 Å². The average Bonchev–Trinajstić information content (AvgIpc) is 2.70. The molecular formula is C21H13Cl2N3. The predicted molar refractivity (Wildman–Crippen MR) is 106 cm³/mol. The van der Waals surface area contributed by atoms with E-state index in [4.69, 9.17) is 28.2 Å². The van der Waals surface area contributed by atoms with Gasteiger partial charge in [-0.15, -0.1) is 0 Å². The Morgan fingerprint density at radius 3 is 1.81 bits per heavy atom. The van der Waals surface area contributed by atoms with Crippen LogP contribution in [0.25, 0.3) is 33.9 Å². The minimum atomic E-state index is 0.588. The molecule has 0 saturated heterocycles. The van der Waals surface area contributed by atoms with Crippen LogP contribution in [0.5, 0.6) is 0 Å². The highest BCUT2D eigenvalue weighted by Gasteiger charge is 2.12. The summed E-state index contributed by atoms with van der Waals surface area (Å²) in [6.45, 7) is 0. The van der Waals surface area contributed by atoms with Crippen molar-refractivity contribution < 1.29 is 0 Å². The van der Waals surface area contributed by atoms with Crippen LogP contribution in [-0.4, -0.2) is 15.0 Å². The van der Waals surface area contributed by atoms with Crippen LogP contribution in [0.4, 0.5) is 0 Å². The molecule has 26 heavy (non-hydrogen) atoms. The first-order chi connectivity index (χ1) is 12.7. The zero-order valence-corrected chi connectivity index (χ0v) is 15.1. The topological polar surface area (TPSA) is 38.7 Å². The lowest BCUT2D eigenvalue weighted by atomic mass is 9.99. The zero-order valence-electron chi connectivity index (χ0n) is 13.6. The van der Waals surface area contributed by atoms with Gasteiger partial charge in [0.1, 0.15) is 5.69 Å². The normalized spacial score (nSPS) is 10.7. The lowest BCUT2D eigenvalue weighted by Gasteiger charge is -2.11. The number of benzene rings is 2. The fraction of sp³-hybridized carbons (Fsp3) is 0. The summed E-state index contributed by atoms with van der Waals surface area (Å²) in [6, 6.07) is 21.1. The second-order valence-electron chi connectivity index (χ2n) is 5.68. The van der Waals surface area contributed by atoms with E-state index in [-0.39, 0.29) is 0 Å². The van der Waals surface area contributed by atoms with Crippen LogP contribution in [0.15, 0.2) is 79.1 Å². The molecule has 0 bridgehead atoms. The van der Waals surface area contributed by atoms with Crippen LogP contribution in [0, 0.1) is 0 Å². The van der Waals surface area contributed by atoms with Gasteiger partial charge in [-0.05, 0) is 48.0 Å². The van der Waals surface area contributed by atoms with Crippen molar-refractivity contribution in [3.8, 4) is 33.9 Å². The minimum absolute atomic E-state index is 0.588.